The Bertz CT molecular complexity index is 534. The van der Waals surface area contributed by atoms with Crippen molar-refractivity contribution in [3.8, 4) is 0 Å². The first-order valence-corrected chi connectivity index (χ1v) is 6.81. The third-order valence-corrected chi connectivity index (χ3v) is 3.76. The van der Waals surface area contributed by atoms with Gasteiger partial charge >= 0.3 is 0 Å². The molecule has 0 radical (unpaired) electrons. The van der Waals surface area contributed by atoms with Crippen molar-refractivity contribution in [1.29, 1.82) is 0 Å². The number of hydrogen-bond acceptors (Lipinski definition) is 5. The highest BCUT2D eigenvalue weighted by Crippen LogP contribution is 2.31. The lowest BCUT2D eigenvalue weighted by atomic mass is 10.4. The van der Waals surface area contributed by atoms with E-state index in [4.69, 9.17) is 32.5 Å². The number of benzene rings is 1. The molecule has 1 aromatic heterocycles. The number of rotatable bonds is 5. The molecule has 0 amide bonds. The van der Waals surface area contributed by atoms with Crippen LogP contribution in [0.3, 0.4) is 0 Å². The summed E-state index contributed by atoms with van der Waals surface area (Å²) >= 11 is 13.5. The lowest BCUT2D eigenvalue weighted by Gasteiger charge is -2.02. The molecule has 0 atom stereocenters. The molecule has 0 bridgehead atoms. The van der Waals surface area contributed by atoms with Crippen molar-refractivity contribution in [3.05, 3.63) is 40.0 Å². The average molecular weight is 305 g/mol. The molecule has 18 heavy (non-hydrogen) atoms. The number of aromatic nitrogens is 2. The van der Waals surface area contributed by atoms with Gasteiger partial charge in [0.2, 0.25) is 0 Å². The van der Waals surface area contributed by atoms with Gasteiger partial charge in [-0.05, 0) is 18.2 Å². The summed E-state index contributed by atoms with van der Waals surface area (Å²) in [5.41, 5.74) is 0. The number of ether oxygens (including phenoxy) is 1. The average Bonchev–Trinajstić information content (AvgIpc) is 2.79. The minimum absolute atomic E-state index is 0.315. The molecule has 2 aromatic rings. The Morgan fingerprint density at radius 3 is 3.00 bits per heavy atom. The van der Waals surface area contributed by atoms with Crippen LogP contribution in [0.5, 0.6) is 0 Å². The summed E-state index contributed by atoms with van der Waals surface area (Å²) in [6, 6.07) is 5.32. The zero-order chi connectivity index (χ0) is 13.0. The fourth-order valence-corrected chi connectivity index (χ4v) is 2.60. The maximum absolute atomic E-state index is 6.05. The second kappa shape index (κ2) is 6.43. The van der Waals surface area contributed by atoms with Crippen molar-refractivity contribution in [2.75, 3.05) is 7.11 Å². The van der Waals surface area contributed by atoms with Gasteiger partial charge in [0.25, 0.3) is 5.89 Å². The van der Waals surface area contributed by atoms with Gasteiger partial charge < -0.3 is 9.26 Å². The van der Waals surface area contributed by atoms with Crippen LogP contribution in [0.4, 0.5) is 0 Å². The fraction of sp³-hybridized carbons (Fsp3) is 0.273. The van der Waals surface area contributed by atoms with E-state index in [-0.39, 0.29) is 0 Å². The van der Waals surface area contributed by atoms with Crippen molar-refractivity contribution in [2.24, 2.45) is 0 Å². The molecule has 0 fully saturated rings. The molecule has 0 N–H and O–H groups in total. The van der Waals surface area contributed by atoms with Crippen molar-refractivity contribution >= 4 is 35.0 Å². The SMILES string of the molecule is COCc1nc(CSc2cc(Cl)ccc2Cl)no1. The summed E-state index contributed by atoms with van der Waals surface area (Å²) in [5.74, 6) is 1.63. The van der Waals surface area contributed by atoms with E-state index in [1.165, 1.54) is 11.8 Å². The summed E-state index contributed by atoms with van der Waals surface area (Å²) < 4.78 is 9.89. The highest BCUT2D eigenvalue weighted by Gasteiger charge is 2.08. The molecule has 7 heteroatoms. The van der Waals surface area contributed by atoms with Crippen LogP contribution in [0.25, 0.3) is 0 Å². The fourth-order valence-electron chi connectivity index (χ4n) is 1.26. The molecule has 0 aliphatic heterocycles. The Morgan fingerprint density at radius 2 is 2.22 bits per heavy atom. The molecule has 2 rings (SSSR count). The highest BCUT2D eigenvalue weighted by atomic mass is 35.5. The molecule has 0 spiro atoms. The maximum atomic E-state index is 6.05. The number of thioether (sulfide) groups is 1. The zero-order valence-corrected chi connectivity index (χ0v) is 11.8. The van der Waals surface area contributed by atoms with Crippen molar-refractivity contribution in [3.63, 3.8) is 0 Å². The molecule has 1 heterocycles. The van der Waals surface area contributed by atoms with Crippen LogP contribution in [-0.2, 0) is 17.1 Å². The van der Waals surface area contributed by atoms with Crippen LogP contribution < -0.4 is 0 Å². The van der Waals surface area contributed by atoms with Crippen LogP contribution in [0.1, 0.15) is 11.7 Å². The second-order valence-electron chi connectivity index (χ2n) is 3.40. The quantitative estimate of drug-likeness (QED) is 0.786. The van der Waals surface area contributed by atoms with Crippen LogP contribution in [0, 0.1) is 0 Å². The summed E-state index contributed by atoms with van der Waals surface area (Å²) in [6.45, 7) is 0.315. The first-order valence-electron chi connectivity index (χ1n) is 5.07. The molecule has 4 nitrogen and oxygen atoms in total. The van der Waals surface area contributed by atoms with Crippen molar-refractivity contribution in [1.82, 2.24) is 10.1 Å². The van der Waals surface area contributed by atoms with E-state index in [1.54, 1.807) is 19.2 Å². The van der Waals surface area contributed by atoms with Gasteiger partial charge in [0.05, 0.1) is 10.8 Å². The zero-order valence-electron chi connectivity index (χ0n) is 9.52. The van der Waals surface area contributed by atoms with E-state index in [9.17, 15) is 0 Å². The van der Waals surface area contributed by atoms with E-state index in [0.717, 1.165) is 4.90 Å². The highest BCUT2D eigenvalue weighted by molar-refractivity contribution is 7.98. The molecule has 0 saturated heterocycles. The lowest BCUT2D eigenvalue weighted by molar-refractivity contribution is 0.151. The Kier molecular flexibility index (Phi) is 4.88. The van der Waals surface area contributed by atoms with Gasteiger partial charge in [0.15, 0.2) is 5.82 Å². The summed E-state index contributed by atoms with van der Waals surface area (Å²) in [5, 5.41) is 5.14. The van der Waals surface area contributed by atoms with Gasteiger partial charge in [0.1, 0.15) is 6.61 Å². The molecule has 0 saturated carbocycles. The van der Waals surface area contributed by atoms with E-state index in [0.29, 0.717) is 34.1 Å². The third-order valence-electron chi connectivity index (χ3n) is 2.03. The van der Waals surface area contributed by atoms with Gasteiger partial charge in [0, 0.05) is 17.0 Å². The normalized spacial score (nSPS) is 10.8. The lowest BCUT2D eigenvalue weighted by Crippen LogP contribution is -1.88. The Morgan fingerprint density at radius 1 is 1.39 bits per heavy atom. The van der Waals surface area contributed by atoms with Crippen LogP contribution in [-0.4, -0.2) is 17.3 Å². The maximum Gasteiger partial charge on any atom is 0.252 e. The molecule has 0 aliphatic carbocycles. The topological polar surface area (TPSA) is 48.2 Å². The first kappa shape index (κ1) is 13.7. The smallest absolute Gasteiger partial charge is 0.252 e. The molecule has 0 unspecified atom stereocenters. The molecule has 96 valence electrons. The predicted octanol–water partition coefficient (Wildman–Crippen LogP) is 3.82. The van der Waals surface area contributed by atoms with E-state index in [1.807, 2.05) is 6.07 Å². The van der Waals surface area contributed by atoms with E-state index < -0.39 is 0 Å². The number of methoxy groups -OCH3 is 1. The van der Waals surface area contributed by atoms with Gasteiger partial charge in [-0.15, -0.1) is 11.8 Å². The number of halogens is 2. The Balaban J connectivity index is 1.99. The Labute approximate surface area is 119 Å². The van der Waals surface area contributed by atoms with Gasteiger partial charge in [-0.25, -0.2) is 0 Å². The van der Waals surface area contributed by atoms with Crippen LogP contribution in [0.15, 0.2) is 27.6 Å². The second-order valence-corrected chi connectivity index (χ2v) is 5.26. The van der Waals surface area contributed by atoms with Crippen molar-refractivity contribution in [2.45, 2.75) is 17.3 Å². The first-order chi connectivity index (χ1) is 8.69. The van der Waals surface area contributed by atoms with Crippen molar-refractivity contribution < 1.29 is 9.26 Å². The summed E-state index contributed by atoms with van der Waals surface area (Å²) in [7, 11) is 1.57. The minimum Gasteiger partial charge on any atom is -0.375 e. The van der Waals surface area contributed by atoms with Crippen LogP contribution in [0.2, 0.25) is 10.0 Å². The largest absolute Gasteiger partial charge is 0.375 e. The van der Waals surface area contributed by atoms with E-state index >= 15 is 0 Å². The number of hydrogen-bond donors (Lipinski definition) is 0. The van der Waals surface area contributed by atoms with Gasteiger partial charge in [-0.3, -0.25) is 0 Å². The number of nitrogens with zero attached hydrogens (tertiary/aromatic N) is 2. The third kappa shape index (κ3) is 3.62. The van der Waals surface area contributed by atoms with E-state index in [2.05, 4.69) is 10.1 Å². The molecular weight excluding hydrogens is 295 g/mol. The molecule has 1 aromatic carbocycles. The predicted molar refractivity (Wildman–Crippen MR) is 71.0 cm³/mol. The van der Waals surface area contributed by atoms with Gasteiger partial charge in [-0.1, -0.05) is 28.4 Å². The van der Waals surface area contributed by atoms with Crippen LogP contribution >= 0.6 is 35.0 Å². The minimum atomic E-state index is 0.315. The monoisotopic (exact) mass is 304 g/mol. The molecular formula is C11H10Cl2N2O2S. The standard InChI is InChI=1S/C11H10Cl2N2O2S/c1-16-5-11-14-10(15-17-11)6-18-9-4-7(12)2-3-8(9)13/h2-4H,5-6H2,1H3. The Hall–Kier alpha value is -0.750. The summed E-state index contributed by atoms with van der Waals surface area (Å²) in [4.78, 5) is 5.06. The molecule has 0 aliphatic rings. The summed E-state index contributed by atoms with van der Waals surface area (Å²) in [6.07, 6.45) is 0. The van der Waals surface area contributed by atoms with Gasteiger partial charge in [-0.2, -0.15) is 4.98 Å².